The molecule has 2 saturated heterocycles. The number of carbonyl (C=O) groups is 6. The number of amides is 3. The minimum atomic E-state index is -1.22. The molecule has 302 valence electrons. The van der Waals surface area contributed by atoms with E-state index in [1.807, 2.05) is 32.9 Å². The standard InChI is InChI=1S/C40H58N6O9/c1-23(2)37(40(55)46-14-6-7-31(46)33(50)16-24(3)15-26-9-11-30(49)12-10-26)44-38(53)27(17-29-20-42-22-43-29)18-34(51)32-8-5-13-45(32)39(54)28(21-47)19-35(52)36(41)25(4)48/h9-12,20,22-25,27-28,31-32,36-37,47-49H,5-8,13-19,21,41H2,1-4H3,(H,42,43)(H,44,53)/t24-,25?,27-,28+,31+,32+,36+,37+/m1/s1. The zero-order chi connectivity index (χ0) is 40.4. The van der Waals surface area contributed by atoms with Crippen molar-refractivity contribution >= 4 is 35.1 Å². The molecule has 0 radical (unpaired) electrons. The lowest BCUT2D eigenvalue weighted by atomic mass is 9.90. The van der Waals surface area contributed by atoms with Gasteiger partial charge in [0, 0.05) is 50.7 Å². The molecule has 0 aliphatic carbocycles. The summed E-state index contributed by atoms with van der Waals surface area (Å²) in [6.07, 6.45) is 4.27. The summed E-state index contributed by atoms with van der Waals surface area (Å²) in [7, 11) is 0. The van der Waals surface area contributed by atoms with Crippen LogP contribution in [-0.4, -0.2) is 120 Å². The van der Waals surface area contributed by atoms with Gasteiger partial charge in [-0.3, -0.25) is 28.8 Å². The molecule has 4 rings (SSSR count). The first-order chi connectivity index (χ1) is 26.1. The number of ketones is 3. The van der Waals surface area contributed by atoms with Crippen molar-refractivity contribution in [1.29, 1.82) is 0 Å². The topological polar surface area (TPSA) is 236 Å². The zero-order valence-electron chi connectivity index (χ0n) is 32.4. The molecule has 2 aliphatic rings. The molecule has 3 amide bonds. The van der Waals surface area contributed by atoms with Gasteiger partial charge < -0.3 is 41.2 Å². The molecule has 15 heteroatoms. The number of aromatic hydroxyl groups is 1. The van der Waals surface area contributed by atoms with E-state index in [1.54, 1.807) is 23.2 Å². The molecule has 8 atom stereocenters. The van der Waals surface area contributed by atoms with E-state index in [4.69, 9.17) is 5.73 Å². The number of hydrogen-bond donors (Lipinski definition) is 6. The zero-order valence-corrected chi connectivity index (χ0v) is 32.4. The Hall–Kier alpha value is -4.47. The number of aromatic amines is 1. The van der Waals surface area contributed by atoms with Gasteiger partial charge >= 0.3 is 0 Å². The van der Waals surface area contributed by atoms with Crippen molar-refractivity contribution in [2.45, 2.75) is 116 Å². The molecule has 2 aliphatic heterocycles. The summed E-state index contributed by atoms with van der Waals surface area (Å²) in [5.41, 5.74) is 7.34. The van der Waals surface area contributed by atoms with Crippen LogP contribution in [0.25, 0.3) is 0 Å². The second-order valence-electron chi connectivity index (χ2n) is 15.7. The summed E-state index contributed by atoms with van der Waals surface area (Å²) in [5, 5.41) is 32.2. The molecular weight excluding hydrogens is 708 g/mol. The number of phenolic OH excluding ortho intramolecular Hbond substituents is 1. The molecule has 15 nitrogen and oxygen atoms in total. The number of likely N-dealkylation sites (tertiary alicyclic amines) is 2. The third-order valence-electron chi connectivity index (χ3n) is 10.9. The number of nitrogens with one attached hydrogen (secondary N) is 2. The monoisotopic (exact) mass is 766 g/mol. The average molecular weight is 767 g/mol. The molecule has 0 spiro atoms. The highest BCUT2D eigenvalue weighted by Crippen LogP contribution is 2.27. The molecule has 2 fully saturated rings. The normalized spacial score (nSPS) is 20.4. The van der Waals surface area contributed by atoms with Crippen LogP contribution in [-0.2, 0) is 41.6 Å². The molecule has 55 heavy (non-hydrogen) atoms. The van der Waals surface area contributed by atoms with E-state index >= 15 is 0 Å². The lowest BCUT2D eigenvalue weighted by molar-refractivity contribution is -0.145. The number of hydrogen-bond acceptors (Lipinski definition) is 11. The van der Waals surface area contributed by atoms with Crippen molar-refractivity contribution in [2.24, 2.45) is 29.4 Å². The minimum Gasteiger partial charge on any atom is -0.508 e. The second-order valence-corrected chi connectivity index (χ2v) is 15.7. The first-order valence-electron chi connectivity index (χ1n) is 19.4. The van der Waals surface area contributed by atoms with Crippen LogP contribution in [0.15, 0.2) is 36.8 Å². The van der Waals surface area contributed by atoms with Crippen LogP contribution in [0.4, 0.5) is 0 Å². The number of imidazole rings is 1. The Bertz CT molecular complexity index is 1630. The van der Waals surface area contributed by atoms with Gasteiger partial charge in [-0.1, -0.05) is 32.9 Å². The fourth-order valence-electron chi connectivity index (χ4n) is 7.69. The van der Waals surface area contributed by atoms with Crippen molar-refractivity contribution < 1.29 is 44.1 Å². The van der Waals surface area contributed by atoms with Gasteiger partial charge in [0.25, 0.3) is 0 Å². The predicted octanol–water partition coefficient (Wildman–Crippen LogP) is 1.47. The first-order valence-corrected chi connectivity index (χ1v) is 19.4. The van der Waals surface area contributed by atoms with Gasteiger partial charge in [-0.25, -0.2) is 4.98 Å². The van der Waals surface area contributed by atoms with E-state index < -0.39 is 72.7 Å². The van der Waals surface area contributed by atoms with Crippen LogP contribution in [0.5, 0.6) is 5.75 Å². The van der Waals surface area contributed by atoms with Gasteiger partial charge in [0.05, 0.1) is 49.0 Å². The molecule has 7 N–H and O–H groups in total. The third-order valence-corrected chi connectivity index (χ3v) is 10.9. The summed E-state index contributed by atoms with van der Waals surface area (Å²) in [4.78, 5) is 91.7. The van der Waals surface area contributed by atoms with Gasteiger partial charge in [-0.15, -0.1) is 0 Å². The molecule has 1 unspecified atom stereocenters. The highest BCUT2D eigenvalue weighted by Gasteiger charge is 2.42. The molecule has 2 aromatic rings. The number of rotatable bonds is 20. The molecule has 0 saturated carbocycles. The first kappa shape index (κ1) is 43.3. The van der Waals surface area contributed by atoms with Crippen LogP contribution < -0.4 is 11.1 Å². The van der Waals surface area contributed by atoms with Gasteiger partial charge in [0.2, 0.25) is 17.7 Å². The largest absolute Gasteiger partial charge is 0.508 e. The van der Waals surface area contributed by atoms with Crippen molar-refractivity contribution in [2.75, 3.05) is 19.7 Å². The third kappa shape index (κ3) is 11.5. The van der Waals surface area contributed by atoms with Crippen molar-refractivity contribution in [1.82, 2.24) is 25.1 Å². The Kier molecular flexibility index (Phi) is 15.7. The molecule has 0 bridgehead atoms. The van der Waals surface area contributed by atoms with Crippen molar-refractivity contribution in [3.05, 3.63) is 48.0 Å². The number of phenols is 1. The lowest BCUT2D eigenvalue weighted by Gasteiger charge is -2.32. The maximum atomic E-state index is 14.1. The number of H-pyrrole nitrogens is 1. The highest BCUT2D eigenvalue weighted by molar-refractivity contribution is 5.97. The SMILES string of the molecule is CC(O)[C@H](N)C(=O)C[C@@H](CO)C(=O)N1CCC[C@H]1C(=O)C[C@@H](Cc1cnc[nH]1)C(=O)N[C@H](C(=O)N1CCC[C@H]1C(=O)C[C@H](C)Cc1ccc(O)cc1)C(C)C. The Morgan fingerprint density at radius 3 is 2.02 bits per heavy atom. The lowest BCUT2D eigenvalue weighted by Crippen LogP contribution is -2.55. The van der Waals surface area contributed by atoms with Gasteiger partial charge in [0.15, 0.2) is 17.3 Å². The number of nitrogens with two attached hydrogens (primary N) is 1. The molecular formula is C40H58N6O9. The summed E-state index contributed by atoms with van der Waals surface area (Å²) in [6.45, 7) is 6.92. The smallest absolute Gasteiger partial charge is 0.246 e. The van der Waals surface area contributed by atoms with E-state index in [0.29, 0.717) is 44.3 Å². The number of nitrogens with zero attached hydrogens (tertiary/aromatic N) is 3. The summed E-state index contributed by atoms with van der Waals surface area (Å²) >= 11 is 0. The van der Waals surface area contributed by atoms with E-state index in [-0.39, 0.29) is 60.9 Å². The molecule has 3 heterocycles. The summed E-state index contributed by atoms with van der Waals surface area (Å²) < 4.78 is 0. The van der Waals surface area contributed by atoms with Gasteiger partial charge in [-0.05, 0) is 68.6 Å². The molecule has 1 aromatic heterocycles. The highest BCUT2D eigenvalue weighted by atomic mass is 16.3. The minimum absolute atomic E-state index is 0.00690. The van der Waals surface area contributed by atoms with E-state index in [0.717, 1.165) is 5.56 Å². The average Bonchev–Trinajstić information content (AvgIpc) is 3.95. The fraction of sp³-hybridized carbons (Fsp3) is 0.625. The number of aliphatic hydroxyl groups is 2. The fourth-order valence-corrected chi connectivity index (χ4v) is 7.69. The predicted molar refractivity (Wildman–Crippen MR) is 202 cm³/mol. The van der Waals surface area contributed by atoms with E-state index in [1.165, 1.54) is 18.2 Å². The number of aromatic nitrogens is 2. The summed E-state index contributed by atoms with van der Waals surface area (Å²) in [5.74, 6) is -4.69. The molecule has 1 aromatic carbocycles. The number of carbonyl (C=O) groups excluding carboxylic acids is 6. The Morgan fingerprint density at radius 1 is 0.873 bits per heavy atom. The van der Waals surface area contributed by atoms with Crippen LogP contribution in [0.3, 0.4) is 0 Å². The van der Waals surface area contributed by atoms with Crippen LogP contribution in [0.2, 0.25) is 0 Å². The Morgan fingerprint density at radius 2 is 1.47 bits per heavy atom. The maximum Gasteiger partial charge on any atom is 0.246 e. The van der Waals surface area contributed by atoms with Crippen LogP contribution in [0.1, 0.15) is 83.9 Å². The van der Waals surface area contributed by atoms with Crippen molar-refractivity contribution in [3.8, 4) is 5.75 Å². The Labute approximate surface area is 322 Å². The maximum absolute atomic E-state index is 14.1. The second kappa shape index (κ2) is 19.9. The van der Waals surface area contributed by atoms with E-state index in [2.05, 4.69) is 15.3 Å². The summed E-state index contributed by atoms with van der Waals surface area (Å²) in [6, 6.07) is 3.20. The number of aliphatic hydroxyl groups excluding tert-OH is 2. The van der Waals surface area contributed by atoms with Crippen LogP contribution >= 0.6 is 0 Å². The number of benzene rings is 1. The van der Waals surface area contributed by atoms with E-state index in [9.17, 15) is 44.1 Å². The number of Topliss-reactive ketones (excluding diaryl/α,β-unsaturated/α-hetero) is 3. The Balaban J connectivity index is 1.45. The van der Waals surface area contributed by atoms with Crippen molar-refractivity contribution in [3.63, 3.8) is 0 Å². The quantitative estimate of drug-likeness (QED) is 0.113. The van der Waals surface area contributed by atoms with Gasteiger partial charge in [-0.2, -0.15) is 0 Å². The van der Waals surface area contributed by atoms with Crippen LogP contribution in [0, 0.1) is 23.7 Å². The van der Waals surface area contributed by atoms with Gasteiger partial charge in [0.1, 0.15) is 11.8 Å².